The van der Waals surface area contributed by atoms with Crippen LogP contribution in [0.2, 0.25) is 0 Å². The monoisotopic (exact) mass is 263 g/mol. The molecule has 2 nitrogen and oxygen atoms in total. The van der Waals surface area contributed by atoms with Gasteiger partial charge in [-0.2, -0.15) is 0 Å². The van der Waals surface area contributed by atoms with Crippen molar-refractivity contribution in [2.75, 3.05) is 10.7 Å². The number of amides is 1. The van der Waals surface area contributed by atoms with Gasteiger partial charge in [0.1, 0.15) is 0 Å². The molecule has 0 aliphatic carbocycles. The molecule has 0 radical (unpaired) electrons. The number of hydrogen-bond donors (Lipinski definition) is 0. The van der Waals surface area contributed by atoms with Gasteiger partial charge in [0, 0.05) is 5.69 Å². The van der Waals surface area contributed by atoms with Crippen LogP contribution in [0.5, 0.6) is 0 Å². The molecule has 1 amide bonds. The zero-order chi connectivity index (χ0) is 13.3. The summed E-state index contributed by atoms with van der Waals surface area (Å²) in [5.74, 6) is 1.26. The molecule has 1 fully saturated rings. The summed E-state index contributed by atoms with van der Waals surface area (Å²) >= 11 is 1.75. The van der Waals surface area contributed by atoms with E-state index in [1.165, 1.54) is 5.56 Å². The highest BCUT2D eigenvalue weighted by molar-refractivity contribution is 8.02. The Labute approximate surface area is 114 Å². The summed E-state index contributed by atoms with van der Waals surface area (Å²) in [6.45, 7) is 8.67. The molecule has 1 unspecified atom stereocenters. The summed E-state index contributed by atoms with van der Waals surface area (Å²) in [7, 11) is 0. The van der Waals surface area contributed by atoms with E-state index in [1.807, 2.05) is 11.0 Å². The highest BCUT2D eigenvalue weighted by Gasteiger charge is 2.42. The van der Waals surface area contributed by atoms with Crippen molar-refractivity contribution >= 4 is 23.4 Å². The molecule has 1 aromatic rings. The summed E-state index contributed by atoms with van der Waals surface area (Å²) in [5, 5.41) is 0. The van der Waals surface area contributed by atoms with Gasteiger partial charge in [0.25, 0.3) is 0 Å². The fourth-order valence-corrected chi connectivity index (χ4v) is 3.54. The summed E-state index contributed by atoms with van der Waals surface area (Å²) in [6.07, 6.45) is 0.968. The molecular formula is C15H21NOS. The Morgan fingerprint density at radius 1 is 1.39 bits per heavy atom. The zero-order valence-electron chi connectivity index (χ0n) is 11.6. The van der Waals surface area contributed by atoms with E-state index in [0.29, 0.717) is 11.7 Å². The normalized spacial score (nSPS) is 24.1. The third kappa shape index (κ3) is 2.16. The first-order chi connectivity index (χ1) is 8.49. The molecule has 3 heteroatoms. The Bertz CT molecular complexity index is 458. The van der Waals surface area contributed by atoms with Crippen molar-refractivity contribution in [1.29, 1.82) is 0 Å². The van der Waals surface area contributed by atoms with E-state index in [1.54, 1.807) is 11.8 Å². The molecule has 2 rings (SSSR count). The maximum Gasteiger partial charge on any atom is 0.238 e. The fraction of sp³-hybridized carbons (Fsp3) is 0.533. The van der Waals surface area contributed by atoms with Crippen molar-refractivity contribution in [3.05, 3.63) is 29.8 Å². The average Bonchev–Trinajstić information content (AvgIpc) is 2.66. The van der Waals surface area contributed by atoms with Crippen molar-refractivity contribution in [1.82, 2.24) is 0 Å². The SMILES string of the molecule is CCC1(C)SCC(=O)N1c1ccccc1C(C)C. The van der Waals surface area contributed by atoms with Crippen molar-refractivity contribution in [2.45, 2.75) is 44.9 Å². The standard InChI is InChI=1S/C15H21NOS/c1-5-15(4)16(14(17)10-18-15)13-9-7-6-8-12(13)11(2)3/h6-9,11H,5,10H2,1-4H3. The largest absolute Gasteiger partial charge is 0.297 e. The molecule has 0 spiro atoms. The number of anilines is 1. The van der Waals surface area contributed by atoms with Crippen LogP contribution in [0, 0.1) is 0 Å². The number of benzene rings is 1. The number of carbonyl (C=O) groups is 1. The Balaban J connectivity index is 2.50. The van der Waals surface area contributed by atoms with E-state index in [9.17, 15) is 4.79 Å². The van der Waals surface area contributed by atoms with E-state index in [4.69, 9.17) is 0 Å². The summed E-state index contributed by atoms with van der Waals surface area (Å²) < 4.78 is 0. The average molecular weight is 263 g/mol. The van der Waals surface area contributed by atoms with Crippen LogP contribution in [0.15, 0.2) is 24.3 Å². The quantitative estimate of drug-likeness (QED) is 0.821. The van der Waals surface area contributed by atoms with E-state index in [2.05, 4.69) is 45.9 Å². The van der Waals surface area contributed by atoms with Gasteiger partial charge in [-0.1, -0.05) is 39.0 Å². The highest BCUT2D eigenvalue weighted by atomic mass is 32.2. The van der Waals surface area contributed by atoms with Crippen LogP contribution >= 0.6 is 11.8 Å². The van der Waals surface area contributed by atoms with Crippen LogP contribution in [0.1, 0.15) is 45.6 Å². The zero-order valence-corrected chi connectivity index (χ0v) is 12.4. The predicted octanol–water partition coefficient (Wildman–Crippen LogP) is 4.02. The maximum atomic E-state index is 12.2. The summed E-state index contributed by atoms with van der Waals surface area (Å²) in [4.78, 5) is 14.1. The van der Waals surface area contributed by atoms with Crippen LogP contribution < -0.4 is 4.90 Å². The van der Waals surface area contributed by atoms with Gasteiger partial charge in [-0.25, -0.2) is 0 Å². The Kier molecular flexibility index (Phi) is 3.71. The van der Waals surface area contributed by atoms with Crippen molar-refractivity contribution in [2.24, 2.45) is 0 Å². The molecule has 1 heterocycles. The third-order valence-corrected chi connectivity index (χ3v) is 5.17. The lowest BCUT2D eigenvalue weighted by Crippen LogP contribution is -2.42. The van der Waals surface area contributed by atoms with Crippen LogP contribution in [-0.2, 0) is 4.79 Å². The molecule has 98 valence electrons. The number of para-hydroxylation sites is 1. The van der Waals surface area contributed by atoms with Gasteiger partial charge in [0.2, 0.25) is 5.91 Å². The van der Waals surface area contributed by atoms with Crippen molar-refractivity contribution in [3.63, 3.8) is 0 Å². The van der Waals surface area contributed by atoms with E-state index in [0.717, 1.165) is 12.1 Å². The van der Waals surface area contributed by atoms with Crippen molar-refractivity contribution < 1.29 is 4.79 Å². The molecule has 1 aliphatic rings. The van der Waals surface area contributed by atoms with E-state index in [-0.39, 0.29) is 10.8 Å². The molecular weight excluding hydrogens is 242 g/mol. The van der Waals surface area contributed by atoms with Crippen molar-refractivity contribution in [3.8, 4) is 0 Å². The fourth-order valence-electron chi connectivity index (χ4n) is 2.44. The van der Waals surface area contributed by atoms with Gasteiger partial charge in [0.15, 0.2) is 0 Å². The van der Waals surface area contributed by atoms with Gasteiger partial charge in [-0.15, -0.1) is 11.8 Å². The lowest BCUT2D eigenvalue weighted by Gasteiger charge is -2.35. The van der Waals surface area contributed by atoms with E-state index >= 15 is 0 Å². The second-order valence-electron chi connectivity index (χ2n) is 5.26. The first-order valence-electron chi connectivity index (χ1n) is 6.55. The summed E-state index contributed by atoms with van der Waals surface area (Å²) in [5.41, 5.74) is 2.35. The van der Waals surface area contributed by atoms with Crippen LogP contribution in [0.4, 0.5) is 5.69 Å². The predicted molar refractivity (Wildman–Crippen MR) is 79.2 cm³/mol. The van der Waals surface area contributed by atoms with Gasteiger partial charge >= 0.3 is 0 Å². The minimum absolute atomic E-state index is 0.0952. The topological polar surface area (TPSA) is 20.3 Å². The van der Waals surface area contributed by atoms with E-state index < -0.39 is 0 Å². The third-order valence-electron chi connectivity index (χ3n) is 3.68. The van der Waals surface area contributed by atoms with Gasteiger partial charge < -0.3 is 0 Å². The molecule has 18 heavy (non-hydrogen) atoms. The first kappa shape index (κ1) is 13.5. The molecule has 1 aliphatic heterocycles. The van der Waals surface area contributed by atoms with Crippen LogP contribution in [0.3, 0.4) is 0 Å². The molecule has 0 bridgehead atoms. The second kappa shape index (κ2) is 4.96. The highest BCUT2D eigenvalue weighted by Crippen LogP contribution is 2.44. The van der Waals surface area contributed by atoms with Gasteiger partial charge in [0.05, 0.1) is 10.6 Å². The van der Waals surface area contributed by atoms with Gasteiger partial charge in [-0.05, 0) is 30.9 Å². The Morgan fingerprint density at radius 3 is 2.67 bits per heavy atom. The Morgan fingerprint density at radius 2 is 2.06 bits per heavy atom. The minimum atomic E-state index is -0.0952. The molecule has 1 aromatic carbocycles. The molecule has 0 saturated carbocycles. The molecule has 1 saturated heterocycles. The number of thioether (sulfide) groups is 1. The lowest BCUT2D eigenvalue weighted by atomic mass is 9.99. The summed E-state index contributed by atoms with van der Waals surface area (Å²) in [6, 6.07) is 8.28. The molecule has 0 aromatic heterocycles. The number of nitrogens with zero attached hydrogens (tertiary/aromatic N) is 1. The van der Waals surface area contributed by atoms with Crippen LogP contribution in [-0.4, -0.2) is 16.5 Å². The first-order valence-corrected chi connectivity index (χ1v) is 7.54. The van der Waals surface area contributed by atoms with Gasteiger partial charge in [-0.3, -0.25) is 9.69 Å². The molecule has 0 N–H and O–H groups in total. The smallest absolute Gasteiger partial charge is 0.238 e. The Hall–Kier alpha value is -0.960. The number of carbonyl (C=O) groups excluding carboxylic acids is 1. The molecule has 1 atom stereocenters. The number of hydrogen-bond acceptors (Lipinski definition) is 2. The van der Waals surface area contributed by atoms with Crippen LogP contribution in [0.25, 0.3) is 0 Å². The number of rotatable bonds is 3. The maximum absolute atomic E-state index is 12.2. The second-order valence-corrected chi connectivity index (χ2v) is 6.72. The minimum Gasteiger partial charge on any atom is -0.297 e. The lowest BCUT2D eigenvalue weighted by molar-refractivity contribution is -0.116.